The average molecular weight is 374 g/mol. The monoisotopic (exact) mass is 372 g/mol. The first kappa shape index (κ1) is 14.7. The Labute approximate surface area is 124 Å². The number of rotatable bonds is 3. The molecule has 0 saturated carbocycles. The maximum atomic E-state index is 12.2. The van der Waals surface area contributed by atoms with Gasteiger partial charge in [-0.05, 0) is 55.0 Å². The first-order valence-electron chi connectivity index (χ1n) is 5.54. The van der Waals surface area contributed by atoms with Crippen molar-refractivity contribution in [3.8, 4) is 0 Å². The number of likely N-dealkylation sites (tertiary alicyclic amines) is 1. The van der Waals surface area contributed by atoms with Crippen molar-refractivity contribution in [2.75, 3.05) is 20.1 Å². The zero-order valence-corrected chi connectivity index (χ0v) is 13.8. The Balaban J connectivity index is 2.08. The number of nitrogens with one attached hydrogen (secondary N) is 1. The summed E-state index contributed by atoms with van der Waals surface area (Å²) < 4.78 is 28.0. The van der Waals surface area contributed by atoms with Gasteiger partial charge in [-0.3, -0.25) is 0 Å². The van der Waals surface area contributed by atoms with E-state index >= 15 is 0 Å². The fourth-order valence-corrected chi connectivity index (χ4v) is 5.58. The molecule has 102 valence electrons. The maximum Gasteiger partial charge on any atom is 0.250 e. The molecule has 1 N–H and O–H groups in total. The molecule has 1 aromatic rings. The molecule has 0 aliphatic carbocycles. The number of hydrogen-bond acceptors (Lipinski definition) is 4. The van der Waals surface area contributed by atoms with E-state index in [1.807, 2.05) is 7.05 Å². The van der Waals surface area contributed by atoms with Crippen molar-refractivity contribution in [1.82, 2.24) is 9.62 Å². The van der Waals surface area contributed by atoms with Crippen molar-refractivity contribution in [1.29, 1.82) is 0 Å². The van der Waals surface area contributed by atoms with Crippen LogP contribution in [0.2, 0.25) is 5.02 Å². The maximum absolute atomic E-state index is 12.2. The van der Waals surface area contributed by atoms with Crippen LogP contribution in [0.25, 0.3) is 0 Å². The molecule has 1 saturated heterocycles. The largest absolute Gasteiger partial charge is 0.306 e. The zero-order valence-electron chi connectivity index (χ0n) is 9.82. The Hall–Kier alpha value is 0.340. The molecular weight excluding hydrogens is 360 g/mol. The van der Waals surface area contributed by atoms with Gasteiger partial charge in [0.05, 0.1) is 8.81 Å². The molecule has 0 aromatic carbocycles. The standard InChI is InChI=1S/C10H14BrClN2O2S2/c1-14-4-2-7(3-5-14)13-18(15,16)9-6-8(12)10(11)17-9/h6-7,13H,2-5H2,1H3. The summed E-state index contributed by atoms with van der Waals surface area (Å²) in [6, 6.07) is 1.50. The first-order valence-corrected chi connectivity index (χ1v) is 9.01. The van der Waals surface area contributed by atoms with Crippen LogP contribution in [-0.4, -0.2) is 39.5 Å². The molecule has 0 spiro atoms. The molecule has 2 heterocycles. The van der Waals surface area contributed by atoms with Gasteiger partial charge in [0.25, 0.3) is 0 Å². The molecule has 0 radical (unpaired) electrons. The topological polar surface area (TPSA) is 49.4 Å². The Kier molecular flexibility index (Phi) is 4.72. The minimum atomic E-state index is -3.44. The predicted molar refractivity (Wildman–Crippen MR) is 77.9 cm³/mol. The Bertz CT molecular complexity index is 504. The third-order valence-electron chi connectivity index (χ3n) is 2.93. The number of piperidine rings is 1. The lowest BCUT2D eigenvalue weighted by atomic mass is 10.1. The van der Waals surface area contributed by atoms with Crippen LogP contribution in [0.4, 0.5) is 0 Å². The van der Waals surface area contributed by atoms with Gasteiger partial charge in [0.1, 0.15) is 4.21 Å². The molecule has 1 aliphatic rings. The molecule has 1 aromatic heterocycles. The lowest BCUT2D eigenvalue weighted by Gasteiger charge is -2.29. The SMILES string of the molecule is CN1CCC(NS(=O)(=O)c2cc(Cl)c(Br)s2)CC1. The zero-order chi connectivity index (χ0) is 13.3. The highest BCUT2D eigenvalue weighted by Gasteiger charge is 2.25. The predicted octanol–water partition coefficient (Wildman–Crippen LogP) is 2.54. The average Bonchev–Trinajstić information content (AvgIpc) is 2.63. The second kappa shape index (κ2) is 5.76. The molecule has 4 nitrogen and oxygen atoms in total. The van der Waals surface area contributed by atoms with Crippen molar-refractivity contribution in [2.24, 2.45) is 0 Å². The summed E-state index contributed by atoms with van der Waals surface area (Å²) in [5, 5.41) is 0.434. The number of sulfonamides is 1. The Morgan fingerprint density at radius 3 is 2.61 bits per heavy atom. The molecule has 0 unspecified atom stereocenters. The van der Waals surface area contributed by atoms with Crippen LogP contribution >= 0.6 is 38.9 Å². The van der Waals surface area contributed by atoms with E-state index in [0.717, 1.165) is 37.3 Å². The van der Waals surface area contributed by atoms with Crippen LogP contribution in [-0.2, 0) is 10.0 Å². The third-order valence-corrected chi connectivity index (χ3v) is 7.40. The molecule has 1 aliphatic heterocycles. The van der Waals surface area contributed by atoms with Crippen LogP contribution in [0.3, 0.4) is 0 Å². The highest BCUT2D eigenvalue weighted by Crippen LogP contribution is 2.34. The summed E-state index contributed by atoms with van der Waals surface area (Å²) in [6.07, 6.45) is 1.69. The summed E-state index contributed by atoms with van der Waals surface area (Å²) in [6.45, 7) is 1.84. The molecule has 0 bridgehead atoms. The van der Waals surface area contributed by atoms with Gasteiger partial charge in [0, 0.05) is 6.04 Å². The fraction of sp³-hybridized carbons (Fsp3) is 0.600. The van der Waals surface area contributed by atoms with Crippen molar-refractivity contribution >= 4 is 48.9 Å². The van der Waals surface area contributed by atoms with Crippen molar-refractivity contribution in [2.45, 2.75) is 23.1 Å². The Morgan fingerprint density at radius 2 is 2.11 bits per heavy atom. The highest BCUT2D eigenvalue weighted by atomic mass is 79.9. The van der Waals surface area contributed by atoms with Crippen molar-refractivity contribution in [3.63, 3.8) is 0 Å². The molecule has 0 atom stereocenters. The minimum Gasteiger partial charge on any atom is -0.306 e. The molecular formula is C10H14BrClN2O2S2. The van der Waals surface area contributed by atoms with Crippen LogP contribution in [0, 0.1) is 0 Å². The fourth-order valence-electron chi connectivity index (χ4n) is 1.86. The lowest BCUT2D eigenvalue weighted by Crippen LogP contribution is -2.43. The van der Waals surface area contributed by atoms with E-state index in [1.165, 1.54) is 6.07 Å². The van der Waals surface area contributed by atoms with E-state index in [0.29, 0.717) is 8.81 Å². The summed E-state index contributed by atoms with van der Waals surface area (Å²) in [7, 11) is -1.40. The summed E-state index contributed by atoms with van der Waals surface area (Å²) >= 11 is 10.2. The Morgan fingerprint density at radius 1 is 1.50 bits per heavy atom. The van der Waals surface area contributed by atoms with Crippen LogP contribution < -0.4 is 4.72 Å². The lowest BCUT2D eigenvalue weighted by molar-refractivity contribution is 0.248. The van der Waals surface area contributed by atoms with Gasteiger partial charge in [-0.15, -0.1) is 11.3 Å². The van der Waals surface area contributed by atoms with Gasteiger partial charge >= 0.3 is 0 Å². The van der Waals surface area contributed by atoms with E-state index in [4.69, 9.17) is 11.6 Å². The highest BCUT2D eigenvalue weighted by molar-refractivity contribution is 9.11. The summed E-state index contributed by atoms with van der Waals surface area (Å²) in [5.41, 5.74) is 0. The van der Waals surface area contributed by atoms with E-state index in [1.54, 1.807) is 0 Å². The second-order valence-corrected chi connectivity index (χ2v) is 9.10. The van der Waals surface area contributed by atoms with Crippen LogP contribution in [0.15, 0.2) is 14.1 Å². The van der Waals surface area contributed by atoms with E-state index in [9.17, 15) is 8.42 Å². The number of hydrogen-bond donors (Lipinski definition) is 1. The summed E-state index contributed by atoms with van der Waals surface area (Å²) in [5.74, 6) is 0. The molecule has 8 heteroatoms. The number of nitrogens with zero attached hydrogens (tertiary/aromatic N) is 1. The normalized spacial score (nSPS) is 19.3. The molecule has 18 heavy (non-hydrogen) atoms. The minimum absolute atomic E-state index is 0.0193. The van der Waals surface area contributed by atoms with E-state index < -0.39 is 10.0 Å². The van der Waals surface area contributed by atoms with Gasteiger partial charge < -0.3 is 4.90 Å². The van der Waals surface area contributed by atoms with E-state index in [2.05, 4.69) is 25.6 Å². The third kappa shape index (κ3) is 3.46. The van der Waals surface area contributed by atoms with Gasteiger partial charge in [-0.1, -0.05) is 11.6 Å². The first-order chi connectivity index (χ1) is 8.38. The van der Waals surface area contributed by atoms with Gasteiger partial charge in [-0.2, -0.15) is 0 Å². The quantitative estimate of drug-likeness (QED) is 0.886. The van der Waals surface area contributed by atoms with Crippen molar-refractivity contribution in [3.05, 3.63) is 14.9 Å². The number of thiophene rings is 1. The van der Waals surface area contributed by atoms with Crippen molar-refractivity contribution < 1.29 is 8.42 Å². The van der Waals surface area contributed by atoms with Gasteiger partial charge in [0.2, 0.25) is 10.0 Å². The number of halogens is 2. The summed E-state index contributed by atoms with van der Waals surface area (Å²) in [4.78, 5) is 2.20. The smallest absolute Gasteiger partial charge is 0.250 e. The van der Waals surface area contributed by atoms with E-state index in [-0.39, 0.29) is 10.3 Å². The van der Waals surface area contributed by atoms with Gasteiger partial charge in [0.15, 0.2) is 0 Å². The molecule has 1 fully saturated rings. The molecule has 0 amide bonds. The van der Waals surface area contributed by atoms with Crippen LogP contribution in [0.1, 0.15) is 12.8 Å². The van der Waals surface area contributed by atoms with Crippen LogP contribution in [0.5, 0.6) is 0 Å². The van der Waals surface area contributed by atoms with Gasteiger partial charge in [-0.25, -0.2) is 13.1 Å². The molecule has 2 rings (SSSR count). The second-order valence-electron chi connectivity index (χ2n) is 4.39.